The molecule has 38 heavy (non-hydrogen) atoms. The van der Waals surface area contributed by atoms with E-state index in [4.69, 9.17) is 16.6 Å². The van der Waals surface area contributed by atoms with E-state index in [1.165, 1.54) is 36.2 Å². The number of alkyl halides is 3. The monoisotopic (exact) mass is 559 g/mol. The molecule has 4 aromatic rings. The molecule has 1 fully saturated rings. The second-order valence-electron chi connectivity index (χ2n) is 8.64. The van der Waals surface area contributed by atoms with Crippen LogP contribution in [0.2, 0.25) is 5.02 Å². The molecular formula is C27H22ClF4N5S. The van der Waals surface area contributed by atoms with Crippen LogP contribution in [0.5, 0.6) is 0 Å². The minimum absolute atomic E-state index is 0.00871. The summed E-state index contributed by atoms with van der Waals surface area (Å²) in [6.07, 6.45) is -3.11. The first-order valence-electron chi connectivity index (χ1n) is 11.8. The van der Waals surface area contributed by atoms with Gasteiger partial charge in [0, 0.05) is 49.8 Å². The van der Waals surface area contributed by atoms with E-state index in [9.17, 15) is 17.6 Å². The van der Waals surface area contributed by atoms with Crippen LogP contribution in [0.15, 0.2) is 78.1 Å². The lowest BCUT2D eigenvalue weighted by atomic mass is 10.1. The predicted molar refractivity (Wildman–Crippen MR) is 142 cm³/mol. The molecule has 0 radical (unpaired) electrons. The van der Waals surface area contributed by atoms with E-state index < -0.39 is 17.6 Å². The van der Waals surface area contributed by atoms with Crippen LogP contribution in [0.4, 0.5) is 29.2 Å². The Morgan fingerprint density at radius 1 is 0.868 bits per heavy atom. The molecule has 196 valence electrons. The number of aromatic nitrogens is 3. The third-order valence-corrected chi connectivity index (χ3v) is 7.32. The molecular weight excluding hydrogens is 538 g/mol. The van der Waals surface area contributed by atoms with Crippen LogP contribution >= 0.6 is 23.4 Å². The highest BCUT2D eigenvalue weighted by molar-refractivity contribution is 7.98. The Morgan fingerprint density at radius 3 is 2.32 bits per heavy atom. The van der Waals surface area contributed by atoms with Gasteiger partial charge in [-0.15, -0.1) is 0 Å². The van der Waals surface area contributed by atoms with Gasteiger partial charge in [-0.3, -0.25) is 0 Å². The quantitative estimate of drug-likeness (QED) is 0.144. The molecule has 0 N–H and O–H groups in total. The van der Waals surface area contributed by atoms with Gasteiger partial charge in [-0.2, -0.15) is 13.2 Å². The topological polar surface area (TPSA) is 45.2 Å². The fourth-order valence-electron chi connectivity index (χ4n) is 4.18. The minimum atomic E-state index is -4.48. The summed E-state index contributed by atoms with van der Waals surface area (Å²) in [5, 5.41) is 0.527. The number of nitrogens with zero attached hydrogens (tertiary/aromatic N) is 5. The van der Waals surface area contributed by atoms with Gasteiger partial charge in [-0.1, -0.05) is 53.7 Å². The van der Waals surface area contributed by atoms with Crippen LogP contribution < -0.4 is 9.80 Å². The number of thioether (sulfide) groups is 1. The first-order valence-corrected chi connectivity index (χ1v) is 13.2. The van der Waals surface area contributed by atoms with Crippen molar-refractivity contribution in [1.29, 1.82) is 0 Å². The Labute approximate surface area is 226 Å². The van der Waals surface area contributed by atoms with E-state index >= 15 is 0 Å². The fraction of sp³-hybridized carbons (Fsp3) is 0.222. The maximum Gasteiger partial charge on any atom is 0.419 e. The summed E-state index contributed by atoms with van der Waals surface area (Å²) in [6, 6.07) is 18.5. The van der Waals surface area contributed by atoms with Crippen molar-refractivity contribution in [3.8, 4) is 11.3 Å². The Hall–Kier alpha value is -3.37. The molecule has 11 heteroatoms. The lowest BCUT2D eigenvalue weighted by molar-refractivity contribution is -0.137. The highest BCUT2D eigenvalue weighted by Gasteiger charge is 2.36. The number of pyridine rings is 1. The van der Waals surface area contributed by atoms with Gasteiger partial charge in [0.25, 0.3) is 0 Å². The van der Waals surface area contributed by atoms with Crippen molar-refractivity contribution in [3.05, 3.63) is 94.9 Å². The molecule has 0 bridgehead atoms. The zero-order chi connectivity index (χ0) is 26.7. The lowest BCUT2D eigenvalue weighted by Crippen LogP contribution is -2.47. The van der Waals surface area contributed by atoms with Crippen molar-refractivity contribution < 1.29 is 17.6 Å². The second kappa shape index (κ2) is 11.2. The molecule has 0 amide bonds. The average Bonchev–Trinajstić information content (AvgIpc) is 2.93. The predicted octanol–water partition coefficient (Wildman–Crippen LogP) is 6.97. The third-order valence-electron chi connectivity index (χ3n) is 6.11. The smallest absolute Gasteiger partial charge is 0.353 e. The molecule has 1 aliphatic rings. The molecule has 5 nitrogen and oxygen atoms in total. The van der Waals surface area contributed by atoms with E-state index in [0.29, 0.717) is 54.2 Å². The highest BCUT2D eigenvalue weighted by Crippen LogP contribution is 2.36. The Balaban J connectivity index is 1.40. The van der Waals surface area contributed by atoms with Crippen molar-refractivity contribution in [2.75, 3.05) is 36.0 Å². The summed E-state index contributed by atoms with van der Waals surface area (Å²) in [7, 11) is 0. The summed E-state index contributed by atoms with van der Waals surface area (Å²) >= 11 is 7.50. The first kappa shape index (κ1) is 26.2. The number of benzene rings is 2. The Bertz CT molecular complexity index is 1410. The molecule has 2 aromatic carbocycles. The van der Waals surface area contributed by atoms with Crippen LogP contribution in [0, 0.1) is 5.82 Å². The second-order valence-corrected chi connectivity index (χ2v) is 9.99. The molecule has 0 saturated carbocycles. The molecule has 1 saturated heterocycles. The van der Waals surface area contributed by atoms with Crippen LogP contribution in [0.1, 0.15) is 11.1 Å². The van der Waals surface area contributed by atoms with Gasteiger partial charge < -0.3 is 9.80 Å². The number of anilines is 2. The van der Waals surface area contributed by atoms with Gasteiger partial charge in [-0.25, -0.2) is 19.3 Å². The number of hydrogen-bond donors (Lipinski definition) is 0. The normalized spacial score (nSPS) is 14.1. The van der Waals surface area contributed by atoms with Crippen molar-refractivity contribution in [2.24, 2.45) is 0 Å². The van der Waals surface area contributed by atoms with Gasteiger partial charge >= 0.3 is 6.18 Å². The van der Waals surface area contributed by atoms with Crippen molar-refractivity contribution in [2.45, 2.75) is 17.1 Å². The maximum absolute atomic E-state index is 13.8. The van der Waals surface area contributed by atoms with Gasteiger partial charge in [-0.05, 0) is 35.9 Å². The minimum Gasteiger partial charge on any atom is -0.353 e. The largest absolute Gasteiger partial charge is 0.419 e. The SMILES string of the molecule is Fc1ccc(-c2cc(N3CCN(c4ncccc4C(F)(F)F)CC3)nc(SCc3ccccc3)n2)cc1Cl. The first-order chi connectivity index (χ1) is 18.3. The molecule has 3 heterocycles. The zero-order valence-electron chi connectivity index (χ0n) is 20.0. The third kappa shape index (κ3) is 6.02. The Morgan fingerprint density at radius 2 is 1.61 bits per heavy atom. The van der Waals surface area contributed by atoms with Crippen molar-refractivity contribution in [3.63, 3.8) is 0 Å². The summed E-state index contributed by atoms with van der Waals surface area (Å²) in [4.78, 5) is 17.1. The fourth-order valence-corrected chi connectivity index (χ4v) is 5.17. The van der Waals surface area contributed by atoms with Crippen LogP contribution in [0.3, 0.4) is 0 Å². The van der Waals surface area contributed by atoms with E-state index in [0.717, 1.165) is 11.6 Å². The van der Waals surface area contributed by atoms with Gasteiger partial charge in [0.15, 0.2) is 5.16 Å². The number of halogens is 5. The van der Waals surface area contributed by atoms with E-state index in [-0.39, 0.29) is 10.8 Å². The average molecular weight is 560 g/mol. The number of piperazine rings is 1. The van der Waals surface area contributed by atoms with Crippen LogP contribution in [-0.2, 0) is 11.9 Å². The van der Waals surface area contributed by atoms with Gasteiger partial charge in [0.1, 0.15) is 17.5 Å². The molecule has 0 unspecified atom stereocenters. The van der Waals surface area contributed by atoms with Crippen LogP contribution in [-0.4, -0.2) is 41.1 Å². The molecule has 0 aliphatic carbocycles. The molecule has 2 aromatic heterocycles. The summed E-state index contributed by atoms with van der Waals surface area (Å²) in [6.45, 7) is 1.57. The Kier molecular flexibility index (Phi) is 7.71. The number of hydrogen-bond acceptors (Lipinski definition) is 6. The highest BCUT2D eigenvalue weighted by atomic mass is 35.5. The number of rotatable bonds is 6. The standard InChI is InChI=1S/C27H22ClF4N5S/c28-21-15-19(8-9-22(21)29)23-16-24(35-26(34-23)38-17-18-5-2-1-3-6-18)36-11-13-37(14-12-36)25-20(27(30,31)32)7-4-10-33-25/h1-10,15-16H,11-14,17H2. The van der Waals surface area contributed by atoms with Gasteiger partial charge in [0.05, 0.1) is 16.3 Å². The summed E-state index contributed by atoms with van der Waals surface area (Å²) < 4.78 is 54.3. The van der Waals surface area contributed by atoms with Crippen molar-refractivity contribution >= 4 is 35.0 Å². The van der Waals surface area contributed by atoms with E-state index in [2.05, 4.69) is 9.97 Å². The van der Waals surface area contributed by atoms with Gasteiger partial charge in [0.2, 0.25) is 0 Å². The lowest BCUT2D eigenvalue weighted by Gasteiger charge is -2.37. The summed E-state index contributed by atoms with van der Waals surface area (Å²) in [5.41, 5.74) is 1.59. The van der Waals surface area contributed by atoms with E-state index in [1.54, 1.807) is 17.0 Å². The van der Waals surface area contributed by atoms with Crippen LogP contribution in [0.25, 0.3) is 11.3 Å². The molecule has 0 spiro atoms. The molecule has 1 aliphatic heterocycles. The maximum atomic E-state index is 13.8. The molecule has 5 rings (SSSR count). The summed E-state index contributed by atoms with van der Waals surface area (Å²) in [5.74, 6) is 0.708. The zero-order valence-corrected chi connectivity index (χ0v) is 21.6. The van der Waals surface area contributed by atoms with Crippen molar-refractivity contribution in [1.82, 2.24) is 15.0 Å². The molecule has 0 atom stereocenters. The van der Waals surface area contributed by atoms with E-state index in [1.807, 2.05) is 35.2 Å².